The van der Waals surface area contributed by atoms with Gasteiger partial charge in [-0.15, -0.1) is 0 Å². The van der Waals surface area contributed by atoms with Crippen LogP contribution in [0.2, 0.25) is 0 Å². The predicted octanol–water partition coefficient (Wildman–Crippen LogP) is 0.849. The van der Waals surface area contributed by atoms with Crippen LogP contribution in [0, 0.1) is 3.70 Å². The molecule has 0 fully saturated rings. The fraction of sp³-hybridized carbons (Fsp3) is 0. The molecule has 0 atom stereocenters. The van der Waals surface area contributed by atoms with Crippen molar-refractivity contribution in [2.24, 2.45) is 0 Å². The van der Waals surface area contributed by atoms with Crippen LogP contribution in [0.25, 0.3) is 5.69 Å². The third kappa shape index (κ3) is 1.51. The van der Waals surface area contributed by atoms with Gasteiger partial charge in [-0.05, 0) is 9.95 Å². The molecule has 0 aliphatic heterocycles. The average molecular weight is 289 g/mol. The van der Waals surface area contributed by atoms with E-state index in [0.29, 0.717) is 3.70 Å². The maximum absolute atomic E-state index is 11.0. The van der Waals surface area contributed by atoms with Crippen LogP contribution >= 0.6 is 22.6 Å². The molecule has 66 valence electrons. The van der Waals surface area contributed by atoms with Crippen LogP contribution in [0.1, 0.15) is 0 Å². The lowest BCUT2D eigenvalue weighted by molar-refractivity contribution is -0.682. The fourth-order valence-electron chi connectivity index (χ4n) is 1.00. The summed E-state index contributed by atoms with van der Waals surface area (Å²) >= 11 is 1.93. The fourth-order valence-corrected chi connectivity index (χ4v) is 1.49. The smallest absolute Gasteiger partial charge is 0.282 e. The molecule has 0 saturated carbocycles. The van der Waals surface area contributed by atoms with Crippen LogP contribution in [0.5, 0.6) is 0 Å². The van der Waals surface area contributed by atoms with Crippen molar-refractivity contribution in [2.45, 2.75) is 0 Å². The highest BCUT2D eigenvalue weighted by molar-refractivity contribution is 14.1. The van der Waals surface area contributed by atoms with Crippen LogP contribution in [0.3, 0.4) is 0 Å². The number of H-pyrrole nitrogens is 1. The molecule has 1 aromatic heterocycles. The highest BCUT2D eigenvalue weighted by Gasteiger charge is 2.18. The quantitative estimate of drug-likeness (QED) is 0.625. The van der Waals surface area contributed by atoms with Crippen molar-refractivity contribution in [1.29, 1.82) is 0 Å². The number of aromatic nitrogens is 2. The van der Waals surface area contributed by atoms with E-state index in [9.17, 15) is 4.79 Å². The van der Waals surface area contributed by atoms with Crippen molar-refractivity contribution in [1.82, 2.24) is 5.27 Å². The lowest BCUT2D eigenvalue weighted by Gasteiger charge is -1.86. The van der Waals surface area contributed by atoms with Crippen LogP contribution in [0.4, 0.5) is 0 Å². The van der Waals surface area contributed by atoms with Crippen molar-refractivity contribution in [3.05, 3.63) is 44.5 Å². The summed E-state index contributed by atoms with van der Waals surface area (Å²) in [5.41, 5.74) is 0.516. The van der Waals surface area contributed by atoms with Gasteiger partial charge in [-0.2, -0.15) is 0 Å². The van der Waals surface area contributed by atoms with Gasteiger partial charge in [0.15, 0.2) is 0 Å². The van der Waals surface area contributed by atoms with Gasteiger partial charge >= 0.3 is 9.33 Å². The van der Waals surface area contributed by atoms with E-state index in [0.717, 1.165) is 5.69 Å². The normalized spacial score (nSPS) is 10.2. The Hall–Kier alpha value is -1.11. The summed E-state index contributed by atoms with van der Waals surface area (Å²) < 4.78 is 6.71. The molecule has 0 unspecified atom stereocenters. The van der Waals surface area contributed by atoms with E-state index in [4.69, 9.17) is 0 Å². The topological polar surface area (TPSA) is 49.9 Å². The van der Waals surface area contributed by atoms with E-state index in [-0.39, 0.29) is 5.63 Å². The Bertz CT molecular complexity index is 460. The summed E-state index contributed by atoms with van der Waals surface area (Å²) in [4.78, 5) is 11.0. The number of hydrogen-bond donors (Lipinski definition) is 1. The van der Waals surface area contributed by atoms with Crippen molar-refractivity contribution in [2.75, 3.05) is 0 Å². The number of rotatable bonds is 1. The first kappa shape index (κ1) is 8.49. The zero-order valence-electron chi connectivity index (χ0n) is 6.53. The SMILES string of the molecule is O=c1o[nH][n+](-c2ccccc2)c1I. The van der Waals surface area contributed by atoms with Gasteiger partial charge in [0.05, 0.1) is 0 Å². The Morgan fingerprint density at radius 3 is 2.54 bits per heavy atom. The van der Waals surface area contributed by atoms with Crippen LogP contribution < -0.4 is 10.3 Å². The first-order valence-electron chi connectivity index (χ1n) is 3.63. The molecule has 0 saturated heterocycles. The average Bonchev–Trinajstić information content (AvgIpc) is 2.49. The molecule has 0 bridgehead atoms. The molecule has 0 amide bonds. The minimum absolute atomic E-state index is 0.357. The molecule has 2 rings (SSSR count). The number of para-hydroxylation sites is 1. The second-order valence-electron chi connectivity index (χ2n) is 2.44. The van der Waals surface area contributed by atoms with Crippen LogP contribution in [-0.2, 0) is 0 Å². The number of benzene rings is 1. The molecular weight excluding hydrogens is 283 g/mol. The molecule has 2 aromatic rings. The van der Waals surface area contributed by atoms with E-state index >= 15 is 0 Å². The number of hydrogen-bond acceptors (Lipinski definition) is 2. The van der Waals surface area contributed by atoms with Crippen molar-refractivity contribution in [3.8, 4) is 5.69 Å². The third-order valence-corrected chi connectivity index (χ3v) is 2.53. The van der Waals surface area contributed by atoms with Gasteiger partial charge in [-0.25, -0.2) is 4.79 Å². The Balaban J connectivity index is 2.60. The summed E-state index contributed by atoms with van der Waals surface area (Å²) in [6, 6.07) is 9.46. The zero-order valence-corrected chi connectivity index (χ0v) is 8.69. The van der Waals surface area contributed by atoms with Gasteiger partial charge in [0.25, 0.3) is 0 Å². The van der Waals surface area contributed by atoms with Gasteiger partial charge in [-0.1, -0.05) is 18.2 Å². The molecule has 0 radical (unpaired) electrons. The summed E-state index contributed by atoms with van der Waals surface area (Å²) in [5.74, 6) is 0. The summed E-state index contributed by atoms with van der Waals surface area (Å²) in [5, 5.41) is 2.51. The summed E-state index contributed by atoms with van der Waals surface area (Å²) in [7, 11) is 0. The molecule has 1 N–H and O–H groups in total. The molecule has 13 heavy (non-hydrogen) atoms. The lowest BCUT2D eigenvalue weighted by Crippen LogP contribution is -2.37. The minimum Gasteiger partial charge on any atom is -0.282 e. The molecule has 1 aromatic carbocycles. The molecule has 5 heteroatoms. The molecule has 1 heterocycles. The van der Waals surface area contributed by atoms with Crippen molar-refractivity contribution >= 4 is 22.6 Å². The second-order valence-corrected chi connectivity index (χ2v) is 3.46. The van der Waals surface area contributed by atoms with Crippen LogP contribution in [0.15, 0.2) is 39.6 Å². The van der Waals surface area contributed by atoms with E-state index < -0.39 is 0 Å². The predicted molar refractivity (Wildman–Crippen MR) is 53.6 cm³/mol. The van der Waals surface area contributed by atoms with Crippen molar-refractivity contribution < 1.29 is 9.20 Å². The van der Waals surface area contributed by atoms with E-state index in [1.807, 2.05) is 52.9 Å². The zero-order chi connectivity index (χ0) is 9.26. The van der Waals surface area contributed by atoms with Gasteiger partial charge in [-0.3, -0.25) is 4.52 Å². The molecule has 4 nitrogen and oxygen atoms in total. The maximum atomic E-state index is 11.0. The highest BCUT2D eigenvalue weighted by Crippen LogP contribution is 1.98. The maximum Gasteiger partial charge on any atom is 0.441 e. The van der Waals surface area contributed by atoms with Crippen LogP contribution in [-0.4, -0.2) is 5.27 Å². The Kier molecular flexibility index (Phi) is 2.17. The number of aromatic amines is 1. The van der Waals surface area contributed by atoms with Gasteiger partial charge in [0.1, 0.15) is 0 Å². The molecule has 0 spiro atoms. The summed E-state index contributed by atoms with van der Waals surface area (Å²) in [6.07, 6.45) is 0. The van der Waals surface area contributed by atoms with Gasteiger partial charge < -0.3 is 0 Å². The molecule has 0 aliphatic carbocycles. The van der Waals surface area contributed by atoms with Gasteiger partial charge in [0.2, 0.25) is 5.69 Å². The Morgan fingerprint density at radius 2 is 2.00 bits per heavy atom. The first-order valence-corrected chi connectivity index (χ1v) is 4.71. The Morgan fingerprint density at radius 1 is 1.31 bits per heavy atom. The molecular formula is C8H6IN2O2+. The number of nitrogens with zero attached hydrogens (tertiary/aromatic N) is 1. The first-order chi connectivity index (χ1) is 6.29. The summed E-state index contributed by atoms with van der Waals surface area (Å²) in [6.45, 7) is 0. The number of halogens is 1. The minimum atomic E-state index is -0.357. The standard InChI is InChI=1S/C8H5IN2O2/c9-7-8(12)13-10-11(7)6-4-2-1-3-5-6/h1-5H/p+1. The molecule has 0 aliphatic rings. The van der Waals surface area contributed by atoms with E-state index in [1.54, 1.807) is 4.68 Å². The Labute approximate surface area is 87.3 Å². The number of nitrogens with one attached hydrogen (secondary N) is 1. The van der Waals surface area contributed by atoms with Gasteiger partial charge in [0, 0.05) is 34.7 Å². The monoisotopic (exact) mass is 289 g/mol. The highest BCUT2D eigenvalue weighted by atomic mass is 127. The van der Waals surface area contributed by atoms with E-state index in [1.165, 1.54) is 0 Å². The van der Waals surface area contributed by atoms with Crippen molar-refractivity contribution in [3.63, 3.8) is 0 Å². The lowest BCUT2D eigenvalue weighted by atomic mass is 10.3. The third-order valence-electron chi connectivity index (χ3n) is 1.61. The second kappa shape index (κ2) is 3.33. The largest absolute Gasteiger partial charge is 0.441 e. The van der Waals surface area contributed by atoms with E-state index in [2.05, 4.69) is 9.79 Å².